The summed E-state index contributed by atoms with van der Waals surface area (Å²) in [5.41, 5.74) is 0.803. The van der Waals surface area contributed by atoms with Crippen LogP contribution in [0.5, 0.6) is 5.75 Å². The van der Waals surface area contributed by atoms with Crippen molar-refractivity contribution in [3.8, 4) is 17.2 Å². The fourth-order valence-corrected chi connectivity index (χ4v) is 1.72. The summed E-state index contributed by atoms with van der Waals surface area (Å²) in [5.74, 6) is 1.83. The van der Waals surface area contributed by atoms with Crippen molar-refractivity contribution in [1.29, 1.82) is 0 Å². The van der Waals surface area contributed by atoms with E-state index in [0.717, 1.165) is 15.8 Å². The van der Waals surface area contributed by atoms with Gasteiger partial charge >= 0.3 is 0 Å². The van der Waals surface area contributed by atoms with Crippen LogP contribution >= 0.6 is 15.9 Å². The number of hydrogen-bond donors (Lipinski definition) is 0. The number of aryl methyl sites for hydroxylation is 1. The third kappa shape index (κ3) is 2.24. The lowest BCUT2D eigenvalue weighted by Gasteiger charge is -2.07. The number of rotatable bonds is 3. The molecule has 0 radical (unpaired) electrons. The molecule has 5 heteroatoms. The van der Waals surface area contributed by atoms with Gasteiger partial charge in [-0.3, -0.25) is 0 Å². The predicted octanol–water partition coefficient (Wildman–Crippen LogP) is 3.21. The summed E-state index contributed by atoms with van der Waals surface area (Å²) >= 11 is 3.41. The molecule has 1 aromatic carbocycles. The number of nitrogens with zero attached hydrogens (tertiary/aromatic N) is 2. The second-order valence-corrected chi connectivity index (χ2v) is 4.14. The molecule has 2 rings (SSSR count). The van der Waals surface area contributed by atoms with E-state index >= 15 is 0 Å². The molecule has 0 N–H and O–H groups in total. The molecule has 0 fully saturated rings. The SMILES string of the molecule is CCOc1ccc(Br)cc1-c1nc(C)no1. The van der Waals surface area contributed by atoms with Crippen LogP contribution in [0.3, 0.4) is 0 Å². The molecule has 0 aliphatic carbocycles. The van der Waals surface area contributed by atoms with Crippen molar-refractivity contribution in [3.63, 3.8) is 0 Å². The first kappa shape index (κ1) is 11.1. The van der Waals surface area contributed by atoms with Gasteiger partial charge in [-0.1, -0.05) is 21.1 Å². The van der Waals surface area contributed by atoms with E-state index in [9.17, 15) is 0 Å². The summed E-state index contributed by atoms with van der Waals surface area (Å²) < 4.78 is 11.6. The predicted molar refractivity (Wildman–Crippen MR) is 63.3 cm³/mol. The Bertz CT molecular complexity index is 496. The molecule has 0 spiro atoms. The molecule has 0 saturated carbocycles. The Labute approximate surface area is 102 Å². The molecule has 0 aliphatic rings. The Morgan fingerprint density at radius 1 is 1.44 bits per heavy atom. The zero-order valence-electron chi connectivity index (χ0n) is 9.03. The minimum absolute atomic E-state index is 0.474. The maximum Gasteiger partial charge on any atom is 0.261 e. The summed E-state index contributed by atoms with van der Waals surface area (Å²) in [6.07, 6.45) is 0. The summed E-state index contributed by atoms with van der Waals surface area (Å²) in [6, 6.07) is 5.69. The molecule has 0 atom stereocenters. The van der Waals surface area contributed by atoms with E-state index in [-0.39, 0.29) is 0 Å². The van der Waals surface area contributed by atoms with Crippen LogP contribution in [-0.4, -0.2) is 16.7 Å². The Kier molecular flexibility index (Phi) is 3.24. The maximum atomic E-state index is 5.51. The van der Waals surface area contributed by atoms with Crippen LogP contribution in [0, 0.1) is 6.92 Å². The molecule has 4 nitrogen and oxygen atoms in total. The zero-order valence-corrected chi connectivity index (χ0v) is 10.6. The van der Waals surface area contributed by atoms with Crippen molar-refractivity contribution >= 4 is 15.9 Å². The van der Waals surface area contributed by atoms with E-state index in [4.69, 9.17) is 9.26 Å². The van der Waals surface area contributed by atoms with Crippen molar-refractivity contribution in [2.75, 3.05) is 6.61 Å². The van der Waals surface area contributed by atoms with Crippen LogP contribution in [0.1, 0.15) is 12.7 Å². The van der Waals surface area contributed by atoms with Crippen LogP contribution in [0.2, 0.25) is 0 Å². The van der Waals surface area contributed by atoms with E-state index in [1.807, 2.05) is 25.1 Å². The second-order valence-electron chi connectivity index (χ2n) is 3.22. The quantitative estimate of drug-likeness (QED) is 0.867. The van der Waals surface area contributed by atoms with E-state index in [2.05, 4.69) is 26.1 Å². The highest BCUT2D eigenvalue weighted by molar-refractivity contribution is 9.10. The minimum atomic E-state index is 0.474. The molecule has 0 amide bonds. The lowest BCUT2D eigenvalue weighted by Crippen LogP contribution is -1.94. The van der Waals surface area contributed by atoms with Crippen LogP contribution in [0.15, 0.2) is 27.2 Å². The first-order valence-corrected chi connectivity index (χ1v) is 5.73. The number of hydrogen-bond acceptors (Lipinski definition) is 4. The van der Waals surface area contributed by atoms with Crippen molar-refractivity contribution in [2.24, 2.45) is 0 Å². The fraction of sp³-hybridized carbons (Fsp3) is 0.273. The molecular weight excluding hydrogens is 272 g/mol. The van der Waals surface area contributed by atoms with Crippen molar-refractivity contribution in [1.82, 2.24) is 10.1 Å². The Morgan fingerprint density at radius 3 is 2.88 bits per heavy atom. The molecule has 0 unspecified atom stereocenters. The normalized spacial score (nSPS) is 10.4. The lowest BCUT2D eigenvalue weighted by atomic mass is 10.2. The van der Waals surface area contributed by atoms with Crippen molar-refractivity contribution < 1.29 is 9.26 Å². The van der Waals surface area contributed by atoms with E-state index < -0.39 is 0 Å². The molecule has 0 bridgehead atoms. The van der Waals surface area contributed by atoms with Gasteiger partial charge in [-0.05, 0) is 32.0 Å². The highest BCUT2D eigenvalue weighted by atomic mass is 79.9. The van der Waals surface area contributed by atoms with E-state index in [1.54, 1.807) is 6.92 Å². The number of halogens is 1. The highest BCUT2D eigenvalue weighted by Crippen LogP contribution is 2.31. The monoisotopic (exact) mass is 282 g/mol. The van der Waals surface area contributed by atoms with Crippen LogP contribution in [-0.2, 0) is 0 Å². The minimum Gasteiger partial charge on any atom is -0.493 e. The van der Waals surface area contributed by atoms with E-state index in [1.165, 1.54) is 0 Å². The standard InChI is InChI=1S/C11H11BrN2O2/c1-3-15-10-5-4-8(12)6-9(10)11-13-7(2)14-16-11/h4-6H,3H2,1-2H3. The molecule has 0 aliphatic heterocycles. The van der Waals surface area contributed by atoms with Gasteiger partial charge in [-0.15, -0.1) is 0 Å². The average molecular weight is 283 g/mol. The van der Waals surface area contributed by atoms with Gasteiger partial charge in [-0.2, -0.15) is 4.98 Å². The highest BCUT2D eigenvalue weighted by Gasteiger charge is 2.13. The molecule has 84 valence electrons. The molecular formula is C11H11BrN2O2. The Morgan fingerprint density at radius 2 is 2.25 bits per heavy atom. The van der Waals surface area contributed by atoms with Gasteiger partial charge in [0.2, 0.25) is 0 Å². The van der Waals surface area contributed by atoms with Gasteiger partial charge in [-0.25, -0.2) is 0 Å². The summed E-state index contributed by atoms with van der Waals surface area (Å²) in [7, 11) is 0. The van der Waals surface area contributed by atoms with E-state index in [0.29, 0.717) is 18.3 Å². The Balaban J connectivity index is 2.48. The Hall–Kier alpha value is -1.36. The largest absolute Gasteiger partial charge is 0.493 e. The third-order valence-electron chi connectivity index (χ3n) is 2.00. The third-order valence-corrected chi connectivity index (χ3v) is 2.49. The van der Waals surface area contributed by atoms with Gasteiger partial charge in [0.15, 0.2) is 5.82 Å². The lowest BCUT2D eigenvalue weighted by molar-refractivity contribution is 0.339. The first-order valence-electron chi connectivity index (χ1n) is 4.93. The number of ether oxygens (including phenoxy) is 1. The molecule has 0 saturated heterocycles. The van der Waals surface area contributed by atoms with Crippen LogP contribution < -0.4 is 4.74 Å². The van der Waals surface area contributed by atoms with Gasteiger partial charge in [0.05, 0.1) is 12.2 Å². The van der Waals surface area contributed by atoms with Crippen molar-refractivity contribution in [3.05, 3.63) is 28.5 Å². The molecule has 1 heterocycles. The number of benzene rings is 1. The average Bonchev–Trinajstić information content (AvgIpc) is 2.68. The smallest absolute Gasteiger partial charge is 0.261 e. The van der Waals surface area contributed by atoms with Crippen molar-refractivity contribution in [2.45, 2.75) is 13.8 Å². The zero-order chi connectivity index (χ0) is 11.5. The first-order chi connectivity index (χ1) is 7.70. The molecule has 16 heavy (non-hydrogen) atoms. The second kappa shape index (κ2) is 4.65. The summed E-state index contributed by atoms with van der Waals surface area (Å²) in [6.45, 7) is 4.32. The topological polar surface area (TPSA) is 48.2 Å². The fourth-order valence-electron chi connectivity index (χ4n) is 1.36. The summed E-state index contributed by atoms with van der Waals surface area (Å²) in [5, 5.41) is 3.77. The maximum absolute atomic E-state index is 5.51. The van der Waals surface area contributed by atoms with Gasteiger partial charge in [0.25, 0.3) is 5.89 Å². The van der Waals surface area contributed by atoms with Gasteiger partial charge in [0.1, 0.15) is 5.75 Å². The molecule has 1 aromatic heterocycles. The van der Waals surface area contributed by atoms with Crippen LogP contribution in [0.25, 0.3) is 11.5 Å². The van der Waals surface area contributed by atoms with Gasteiger partial charge in [0, 0.05) is 4.47 Å². The summed E-state index contributed by atoms with van der Waals surface area (Å²) in [4.78, 5) is 4.19. The van der Waals surface area contributed by atoms with Gasteiger partial charge < -0.3 is 9.26 Å². The number of aromatic nitrogens is 2. The molecule has 2 aromatic rings. The van der Waals surface area contributed by atoms with Crippen LogP contribution in [0.4, 0.5) is 0 Å².